The fourth-order valence-electron chi connectivity index (χ4n) is 2.30. The quantitative estimate of drug-likeness (QED) is 0.877. The van der Waals surface area contributed by atoms with Crippen molar-refractivity contribution in [1.82, 2.24) is 10.6 Å². The lowest BCUT2D eigenvalue weighted by atomic mass is 10.1. The van der Waals surface area contributed by atoms with Gasteiger partial charge in [0.1, 0.15) is 5.82 Å². The summed E-state index contributed by atoms with van der Waals surface area (Å²) in [5.74, 6) is 0.225. The Bertz CT molecular complexity index is 449. The summed E-state index contributed by atoms with van der Waals surface area (Å²) >= 11 is 1.72. The second-order valence-corrected chi connectivity index (χ2v) is 6.39. The maximum Gasteiger partial charge on any atom is 0.230 e. The summed E-state index contributed by atoms with van der Waals surface area (Å²) in [7, 11) is 0. The van der Waals surface area contributed by atoms with Crippen molar-refractivity contribution >= 4 is 17.7 Å². The van der Waals surface area contributed by atoms with Gasteiger partial charge in [-0.3, -0.25) is 4.79 Å². The molecular weight excluding hydrogens is 275 g/mol. The molecule has 1 amide bonds. The number of thioether (sulfide) groups is 1. The first-order chi connectivity index (χ1) is 9.65. The Labute approximate surface area is 123 Å². The highest BCUT2D eigenvalue weighted by atomic mass is 32.2. The van der Waals surface area contributed by atoms with Gasteiger partial charge in [-0.25, -0.2) is 4.39 Å². The Kier molecular flexibility index (Phi) is 5.86. The van der Waals surface area contributed by atoms with Gasteiger partial charge in [0.2, 0.25) is 5.91 Å². The molecule has 0 radical (unpaired) electrons. The molecular formula is C15H21FN2OS. The van der Waals surface area contributed by atoms with Crippen LogP contribution in [0.15, 0.2) is 24.3 Å². The number of hydrogen-bond acceptors (Lipinski definition) is 3. The van der Waals surface area contributed by atoms with E-state index in [4.69, 9.17) is 0 Å². The molecule has 110 valence electrons. The van der Waals surface area contributed by atoms with Crippen LogP contribution >= 0.6 is 11.8 Å². The van der Waals surface area contributed by atoms with Crippen molar-refractivity contribution in [2.24, 2.45) is 0 Å². The largest absolute Gasteiger partial charge is 0.349 e. The van der Waals surface area contributed by atoms with Crippen LogP contribution in [0.1, 0.15) is 31.4 Å². The lowest BCUT2D eigenvalue weighted by Gasteiger charge is -2.22. The molecule has 5 heteroatoms. The molecule has 0 bridgehead atoms. The van der Waals surface area contributed by atoms with Crippen LogP contribution in [-0.4, -0.2) is 30.0 Å². The second-order valence-electron chi connectivity index (χ2n) is 5.10. The monoisotopic (exact) mass is 296 g/mol. The molecule has 1 aliphatic heterocycles. The summed E-state index contributed by atoms with van der Waals surface area (Å²) in [5.41, 5.74) is 0.796. The Balaban J connectivity index is 1.76. The van der Waals surface area contributed by atoms with Gasteiger partial charge >= 0.3 is 0 Å². The molecule has 0 spiro atoms. The molecule has 1 aromatic carbocycles. The van der Waals surface area contributed by atoms with Crippen LogP contribution in [0.5, 0.6) is 0 Å². The molecule has 0 saturated carbocycles. The number of rotatable bonds is 5. The Hall–Kier alpha value is -1.07. The van der Waals surface area contributed by atoms with Gasteiger partial charge in [-0.1, -0.05) is 12.1 Å². The van der Waals surface area contributed by atoms with Crippen LogP contribution in [0.25, 0.3) is 0 Å². The number of nitrogens with one attached hydrogen (secondary N) is 2. The van der Waals surface area contributed by atoms with E-state index in [0.717, 1.165) is 31.5 Å². The zero-order valence-electron chi connectivity index (χ0n) is 11.7. The van der Waals surface area contributed by atoms with E-state index in [0.29, 0.717) is 11.0 Å². The van der Waals surface area contributed by atoms with E-state index in [-0.39, 0.29) is 17.8 Å². The van der Waals surface area contributed by atoms with Crippen molar-refractivity contribution in [3.63, 3.8) is 0 Å². The Morgan fingerprint density at radius 2 is 2.25 bits per heavy atom. The minimum absolute atomic E-state index is 0.0188. The van der Waals surface area contributed by atoms with Crippen LogP contribution < -0.4 is 10.6 Å². The van der Waals surface area contributed by atoms with Crippen molar-refractivity contribution < 1.29 is 9.18 Å². The van der Waals surface area contributed by atoms with Gasteiger partial charge in [0, 0.05) is 5.25 Å². The molecule has 20 heavy (non-hydrogen) atoms. The van der Waals surface area contributed by atoms with Gasteiger partial charge in [0.05, 0.1) is 11.8 Å². The third kappa shape index (κ3) is 4.80. The highest BCUT2D eigenvalue weighted by molar-refractivity contribution is 8.00. The summed E-state index contributed by atoms with van der Waals surface area (Å²) in [4.78, 5) is 11.9. The van der Waals surface area contributed by atoms with E-state index in [2.05, 4.69) is 10.6 Å². The third-order valence-corrected chi connectivity index (χ3v) is 4.83. The number of hydrogen-bond donors (Lipinski definition) is 2. The smallest absolute Gasteiger partial charge is 0.230 e. The van der Waals surface area contributed by atoms with Gasteiger partial charge in [-0.2, -0.15) is 0 Å². The average Bonchev–Trinajstić information content (AvgIpc) is 2.46. The standard InChI is InChI=1S/C15H21FN2OS/c1-11(12-3-2-4-13(16)9-12)18-15(19)10-20-14-5-7-17-8-6-14/h2-4,9,11,14,17H,5-8,10H2,1H3,(H,18,19). The van der Waals surface area contributed by atoms with E-state index in [1.807, 2.05) is 13.0 Å². The molecule has 1 heterocycles. The van der Waals surface area contributed by atoms with Crippen molar-refractivity contribution in [2.75, 3.05) is 18.8 Å². The van der Waals surface area contributed by atoms with Gasteiger partial charge in [0.25, 0.3) is 0 Å². The minimum Gasteiger partial charge on any atom is -0.349 e. The van der Waals surface area contributed by atoms with Crippen molar-refractivity contribution in [3.8, 4) is 0 Å². The number of carbonyl (C=O) groups excluding carboxylic acids is 1. The summed E-state index contributed by atoms with van der Waals surface area (Å²) in [5, 5.41) is 6.81. The molecule has 1 unspecified atom stereocenters. The lowest BCUT2D eigenvalue weighted by Crippen LogP contribution is -2.32. The molecule has 1 aromatic rings. The van der Waals surface area contributed by atoms with E-state index >= 15 is 0 Å². The zero-order valence-corrected chi connectivity index (χ0v) is 12.5. The van der Waals surface area contributed by atoms with Crippen LogP contribution in [0.4, 0.5) is 4.39 Å². The normalized spacial score (nSPS) is 17.7. The predicted molar refractivity (Wildman–Crippen MR) is 81.3 cm³/mol. The highest BCUT2D eigenvalue weighted by Crippen LogP contribution is 2.20. The van der Waals surface area contributed by atoms with E-state index in [1.54, 1.807) is 17.8 Å². The molecule has 1 saturated heterocycles. The zero-order chi connectivity index (χ0) is 14.4. The Morgan fingerprint density at radius 3 is 2.95 bits per heavy atom. The van der Waals surface area contributed by atoms with Crippen LogP contribution in [0.3, 0.4) is 0 Å². The van der Waals surface area contributed by atoms with Gasteiger partial charge in [-0.15, -0.1) is 11.8 Å². The molecule has 0 aliphatic carbocycles. The number of amides is 1. The molecule has 1 fully saturated rings. The van der Waals surface area contributed by atoms with Crippen LogP contribution in [0, 0.1) is 5.82 Å². The maximum atomic E-state index is 13.1. The number of benzene rings is 1. The van der Waals surface area contributed by atoms with Crippen LogP contribution in [-0.2, 0) is 4.79 Å². The maximum absolute atomic E-state index is 13.1. The Morgan fingerprint density at radius 1 is 1.50 bits per heavy atom. The summed E-state index contributed by atoms with van der Waals surface area (Å²) in [6, 6.07) is 6.20. The molecule has 0 aromatic heterocycles. The minimum atomic E-state index is -0.271. The summed E-state index contributed by atoms with van der Waals surface area (Å²) in [6.07, 6.45) is 2.24. The lowest BCUT2D eigenvalue weighted by molar-refractivity contribution is -0.119. The fourth-order valence-corrected chi connectivity index (χ4v) is 3.34. The van der Waals surface area contributed by atoms with E-state index < -0.39 is 0 Å². The summed E-state index contributed by atoms with van der Waals surface area (Å²) in [6.45, 7) is 3.96. The molecule has 2 N–H and O–H groups in total. The number of piperidine rings is 1. The second kappa shape index (κ2) is 7.64. The van der Waals surface area contributed by atoms with Gasteiger partial charge in [0.15, 0.2) is 0 Å². The molecule has 1 atom stereocenters. The first kappa shape index (κ1) is 15.3. The van der Waals surface area contributed by atoms with Gasteiger partial charge < -0.3 is 10.6 Å². The third-order valence-electron chi connectivity index (χ3n) is 3.46. The molecule has 1 aliphatic rings. The van der Waals surface area contributed by atoms with Crippen LogP contribution in [0.2, 0.25) is 0 Å². The first-order valence-corrected chi connectivity index (χ1v) is 8.07. The highest BCUT2D eigenvalue weighted by Gasteiger charge is 2.16. The molecule has 3 nitrogen and oxygen atoms in total. The van der Waals surface area contributed by atoms with Crippen molar-refractivity contribution in [2.45, 2.75) is 31.1 Å². The number of carbonyl (C=O) groups is 1. The molecule has 2 rings (SSSR count). The SMILES string of the molecule is CC(NC(=O)CSC1CCNCC1)c1cccc(F)c1. The van der Waals surface area contributed by atoms with Gasteiger partial charge in [-0.05, 0) is 50.6 Å². The predicted octanol–water partition coefficient (Wildman–Crippen LogP) is 2.49. The van der Waals surface area contributed by atoms with Crippen molar-refractivity contribution in [3.05, 3.63) is 35.6 Å². The van der Waals surface area contributed by atoms with E-state index in [1.165, 1.54) is 12.1 Å². The first-order valence-electron chi connectivity index (χ1n) is 7.02. The summed E-state index contributed by atoms with van der Waals surface area (Å²) < 4.78 is 13.1. The number of halogens is 1. The van der Waals surface area contributed by atoms with E-state index in [9.17, 15) is 9.18 Å². The topological polar surface area (TPSA) is 41.1 Å². The van der Waals surface area contributed by atoms with Crippen molar-refractivity contribution in [1.29, 1.82) is 0 Å². The average molecular weight is 296 g/mol. The fraction of sp³-hybridized carbons (Fsp3) is 0.533.